The van der Waals surface area contributed by atoms with Gasteiger partial charge in [-0.15, -0.1) is 0 Å². The van der Waals surface area contributed by atoms with Crippen LogP contribution in [0.15, 0.2) is 24.3 Å². The van der Waals surface area contributed by atoms with Gasteiger partial charge in [0.1, 0.15) is 0 Å². The topological polar surface area (TPSA) is 79.0 Å². The van der Waals surface area contributed by atoms with Crippen molar-refractivity contribution in [3.8, 4) is 0 Å². The Morgan fingerprint density at radius 1 is 1.21 bits per heavy atom. The van der Waals surface area contributed by atoms with Crippen molar-refractivity contribution in [3.63, 3.8) is 0 Å². The fraction of sp³-hybridized carbons (Fsp3) is 0.571. The van der Waals surface area contributed by atoms with E-state index in [1.54, 1.807) is 18.9 Å². The van der Waals surface area contributed by atoms with Crippen molar-refractivity contribution in [1.29, 1.82) is 0 Å². The Bertz CT molecular complexity index is 741. The van der Waals surface area contributed by atoms with E-state index in [0.29, 0.717) is 45.6 Å². The first-order valence-electron chi connectivity index (χ1n) is 9.88. The van der Waals surface area contributed by atoms with E-state index < -0.39 is 5.54 Å². The van der Waals surface area contributed by atoms with Crippen LogP contribution in [0.2, 0.25) is 0 Å². The van der Waals surface area contributed by atoms with Gasteiger partial charge in [0.15, 0.2) is 0 Å². The van der Waals surface area contributed by atoms with Crippen molar-refractivity contribution in [2.75, 3.05) is 33.4 Å². The van der Waals surface area contributed by atoms with Crippen molar-refractivity contribution in [2.24, 2.45) is 0 Å². The van der Waals surface area contributed by atoms with Gasteiger partial charge in [-0.25, -0.2) is 0 Å². The van der Waals surface area contributed by atoms with E-state index in [4.69, 9.17) is 4.74 Å². The molecular weight excluding hydrogens is 358 g/mol. The van der Waals surface area contributed by atoms with Gasteiger partial charge in [-0.05, 0) is 30.9 Å². The Balaban J connectivity index is 1.76. The standard InChI is InChI=1S/C21H29N3O4/c1-16(25)23-11-8-21(9-12-23,14-19(26)22-10-5-13-28-2)24-15-17-6-3-4-7-18(17)20(24)27/h3-4,6-7H,5,8-15H2,1-2H3,(H,22,26). The van der Waals surface area contributed by atoms with E-state index >= 15 is 0 Å². The number of benzene rings is 1. The van der Waals surface area contributed by atoms with Gasteiger partial charge in [-0.2, -0.15) is 0 Å². The number of piperidine rings is 1. The first-order chi connectivity index (χ1) is 13.5. The molecule has 2 aliphatic rings. The summed E-state index contributed by atoms with van der Waals surface area (Å²) < 4.78 is 5.02. The Morgan fingerprint density at radius 2 is 1.93 bits per heavy atom. The number of amides is 3. The second kappa shape index (κ2) is 8.73. The molecule has 0 spiro atoms. The maximum absolute atomic E-state index is 13.1. The minimum absolute atomic E-state index is 0.0148. The molecule has 3 rings (SSSR count). The van der Waals surface area contributed by atoms with E-state index in [-0.39, 0.29) is 24.1 Å². The maximum atomic E-state index is 13.1. The Kier molecular flexibility index (Phi) is 6.34. The highest BCUT2D eigenvalue weighted by Crippen LogP contribution is 2.38. The zero-order chi connectivity index (χ0) is 20.1. The van der Waals surface area contributed by atoms with E-state index in [9.17, 15) is 14.4 Å². The second-order valence-electron chi connectivity index (χ2n) is 7.65. The molecule has 1 saturated heterocycles. The molecule has 1 aromatic rings. The van der Waals surface area contributed by atoms with Crippen LogP contribution in [0.4, 0.5) is 0 Å². The predicted molar refractivity (Wildman–Crippen MR) is 105 cm³/mol. The molecule has 1 aromatic carbocycles. The van der Waals surface area contributed by atoms with Crippen LogP contribution in [0.3, 0.4) is 0 Å². The van der Waals surface area contributed by atoms with Crippen LogP contribution in [0.1, 0.15) is 48.5 Å². The van der Waals surface area contributed by atoms with Gasteiger partial charge in [-0.3, -0.25) is 14.4 Å². The fourth-order valence-corrected chi connectivity index (χ4v) is 4.22. The monoisotopic (exact) mass is 387 g/mol. The molecule has 0 aromatic heterocycles. The number of nitrogens with one attached hydrogen (secondary N) is 1. The van der Waals surface area contributed by atoms with Crippen molar-refractivity contribution >= 4 is 17.7 Å². The third-order valence-corrected chi connectivity index (χ3v) is 5.87. The molecule has 0 bridgehead atoms. The third-order valence-electron chi connectivity index (χ3n) is 5.87. The highest BCUT2D eigenvalue weighted by Gasteiger charge is 2.47. The van der Waals surface area contributed by atoms with Gasteiger partial charge in [0.05, 0.1) is 12.0 Å². The lowest BCUT2D eigenvalue weighted by Gasteiger charge is -2.47. The molecule has 1 fully saturated rings. The summed E-state index contributed by atoms with van der Waals surface area (Å²) in [5, 5.41) is 2.95. The SMILES string of the molecule is COCCCNC(=O)CC1(N2Cc3ccccc3C2=O)CCN(C(C)=O)CC1. The molecule has 0 unspecified atom stereocenters. The summed E-state index contributed by atoms with van der Waals surface area (Å²) in [6, 6.07) is 7.62. The Labute approximate surface area is 166 Å². The van der Waals surface area contributed by atoms with Crippen LogP contribution < -0.4 is 5.32 Å². The lowest BCUT2D eigenvalue weighted by molar-refractivity contribution is -0.132. The zero-order valence-electron chi connectivity index (χ0n) is 16.7. The van der Waals surface area contributed by atoms with Gasteiger partial charge in [0.25, 0.3) is 5.91 Å². The first kappa shape index (κ1) is 20.3. The lowest BCUT2D eigenvalue weighted by Crippen LogP contribution is -2.58. The molecule has 3 amide bonds. The lowest BCUT2D eigenvalue weighted by atomic mass is 9.82. The smallest absolute Gasteiger partial charge is 0.254 e. The molecule has 0 atom stereocenters. The van der Waals surface area contributed by atoms with Gasteiger partial charge < -0.3 is 19.9 Å². The Morgan fingerprint density at radius 3 is 2.57 bits per heavy atom. The van der Waals surface area contributed by atoms with Crippen LogP contribution in [0.5, 0.6) is 0 Å². The number of hydrogen-bond donors (Lipinski definition) is 1. The number of fused-ring (bicyclic) bond motifs is 1. The van der Waals surface area contributed by atoms with Crippen molar-refractivity contribution in [1.82, 2.24) is 15.1 Å². The van der Waals surface area contributed by atoms with Crippen molar-refractivity contribution in [2.45, 2.75) is 44.7 Å². The maximum Gasteiger partial charge on any atom is 0.254 e. The minimum Gasteiger partial charge on any atom is -0.385 e. The van der Waals surface area contributed by atoms with E-state index in [1.165, 1.54) is 0 Å². The zero-order valence-corrected chi connectivity index (χ0v) is 16.7. The first-order valence-corrected chi connectivity index (χ1v) is 9.88. The average Bonchev–Trinajstić information content (AvgIpc) is 3.03. The Hall–Kier alpha value is -2.41. The number of carbonyl (C=O) groups is 3. The molecule has 0 saturated carbocycles. The molecule has 7 nitrogen and oxygen atoms in total. The number of methoxy groups -OCH3 is 1. The van der Waals surface area contributed by atoms with E-state index in [2.05, 4.69) is 5.32 Å². The predicted octanol–water partition coefficient (Wildman–Crippen LogP) is 1.57. The number of ether oxygens (including phenoxy) is 1. The van der Waals surface area contributed by atoms with E-state index in [0.717, 1.165) is 17.5 Å². The molecule has 2 aliphatic heterocycles. The van der Waals surface area contributed by atoms with Gasteiger partial charge in [0, 0.05) is 52.4 Å². The van der Waals surface area contributed by atoms with Crippen LogP contribution >= 0.6 is 0 Å². The molecule has 0 radical (unpaired) electrons. The summed E-state index contributed by atoms with van der Waals surface area (Å²) in [5.74, 6) is -0.0381. The van der Waals surface area contributed by atoms with Crippen LogP contribution in [0, 0.1) is 0 Å². The van der Waals surface area contributed by atoms with Crippen molar-refractivity contribution < 1.29 is 19.1 Å². The van der Waals surface area contributed by atoms with Crippen LogP contribution in [-0.2, 0) is 20.9 Å². The summed E-state index contributed by atoms with van der Waals surface area (Å²) in [7, 11) is 1.64. The number of hydrogen-bond acceptors (Lipinski definition) is 4. The van der Waals surface area contributed by atoms with E-state index in [1.807, 2.05) is 29.2 Å². The molecule has 1 N–H and O–H groups in total. The summed E-state index contributed by atoms with van der Waals surface area (Å²) in [5.41, 5.74) is 1.16. The number of carbonyl (C=O) groups excluding carboxylic acids is 3. The number of nitrogens with zero attached hydrogens (tertiary/aromatic N) is 2. The molecule has 28 heavy (non-hydrogen) atoms. The van der Waals surface area contributed by atoms with Crippen LogP contribution in [-0.4, -0.2) is 66.4 Å². The quantitative estimate of drug-likeness (QED) is 0.721. The second-order valence-corrected chi connectivity index (χ2v) is 7.65. The molecule has 7 heteroatoms. The summed E-state index contributed by atoms with van der Waals surface area (Å²) in [4.78, 5) is 41.2. The molecular formula is C21H29N3O4. The fourth-order valence-electron chi connectivity index (χ4n) is 4.22. The van der Waals surface area contributed by atoms with Gasteiger partial charge in [0.2, 0.25) is 11.8 Å². The number of rotatable bonds is 7. The molecule has 2 heterocycles. The largest absolute Gasteiger partial charge is 0.385 e. The average molecular weight is 387 g/mol. The van der Waals surface area contributed by atoms with Crippen LogP contribution in [0.25, 0.3) is 0 Å². The number of likely N-dealkylation sites (tertiary alicyclic amines) is 1. The molecule has 0 aliphatic carbocycles. The van der Waals surface area contributed by atoms with Gasteiger partial charge >= 0.3 is 0 Å². The van der Waals surface area contributed by atoms with Gasteiger partial charge in [-0.1, -0.05) is 18.2 Å². The highest BCUT2D eigenvalue weighted by molar-refractivity contribution is 5.99. The molecule has 152 valence electrons. The minimum atomic E-state index is -0.562. The summed E-state index contributed by atoms with van der Waals surface area (Å²) >= 11 is 0. The normalized spacial score (nSPS) is 18.1. The van der Waals surface area contributed by atoms with Crippen molar-refractivity contribution in [3.05, 3.63) is 35.4 Å². The summed E-state index contributed by atoms with van der Waals surface area (Å²) in [6.45, 7) is 4.35. The third kappa shape index (κ3) is 4.19. The summed E-state index contributed by atoms with van der Waals surface area (Å²) in [6.07, 6.45) is 2.22. The highest BCUT2D eigenvalue weighted by atomic mass is 16.5.